The molecule has 0 unspecified atom stereocenters. The molecule has 7 nitrogen and oxygen atoms in total. The van der Waals surface area contributed by atoms with Gasteiger partial charge in [0, 0.05) is 49.6 Å². The van der Waals surface area contributed by atoms with Crippen LogP contribution < -0.4 is 15.4 Å². The molecule has 2 saturated heterocycles. The molecular formula is C24H22ClN5O2S2. The average molecular weight is 512 g/mol. The van der Waals surface area contributed by atoms with E-state index in [-0.39, 0.29) is 11.5 Å². The Morgan fingerprint density at radius 3 is 2.56 bits per heavy atom. The number of carbonyl (C=O) groups is 1. The highest BCUT2D eigenvalue weighted by atomic mass is 35.5. The molecule has 1 aromatic carbocycles. The van der Waals surface area contributed by atoms with Crippen molar-refractivity contribution in [2.75, 3.05) is 42.5 Å². The maximum Gasteiger partial charge on any atom is 0.267 e. The number of piperazine rings is 1. The molecule has 2 aliphatic rings. The van der Waals surface area contributed by atoms with E-state index in [0.717, 1.165) is 18.8 Å². The van der Waals surface area contributed by atoms with Gasteiger partial charge in [-0.1, -0.05) is 47.7 Å². The van der Waals surface area contributed by atoms with E-state index in [1.165, 1.54) is 16.2 Å². The molecule has 10 heteroatoms. The smallest absolute Gasteiger partial charge is 0.267 e. The number of anilines is 2. The molecule has 2 aliphatic heterocycles. The Morgan fingerprint density at radius 2 is 1.85 bits per heavy atom. The third-order valence-electron chi connectivity index (χ3n) is 5.97. The molecule has 0 N–H and O–H groups in total. The second-order valence-electron chi connectivity index (χ2n) is 7.96. The molecule has 174 valence electrons. The van der Waals surface area contributed by atoms with E-state index < -0.39 is 0 Å². The van der Waals surface area contributed by atoms with Crippen molar-refractivity contribution in [3.8, 4) is 0 Å². The summed E-state index contributed by atoms with van der Waals surface area (Å²) in [6, 6.07) is 13.3. The fourth-order valence-electron chi connectivity index (χ4n) is 4.21. The number of carbonyl (C=O) groups excluding carboxylic acids is 1. The second kappa shape index (κ2) is 9.40. The molecule has 0 aliphatic carbocycles. The van der Waals surface area contributed by atoms with Crippen molar-refractivity contribution in [2.45, 2.75) is 6.92 Å². The number of rotatable bonds is 4. The number of amides is 1. The third-order valence-corrected chi connectivity index (χ3v) is 7.58. The highest BCUT2D eigenvalue weighted by Gasteiger charge is 2.32. The van der Waals surface area contributed by atoms with Crippen LogP contribution in [0.2, 0.25) is 5.02 Å². The van der Waals surface area contributed by atoms with Crippen LogP contribution in [0, 0.1) is 0 Å². The lowest BCUT2D eigenvalue weighted by molar-refractivity contribution is -0.121. The Labute approximate surface area is 211 Å². The second-order valence-corrected chi connectivity index (χ2v) is 10.1. The van der Waals surface area contributed by atoms with Gasteiger partial charge in [-0.05, 0) is 43.3 Å². The largest absolute Gasteiger partial charge is 0.368 e. The van der Waals surface area contributed by atoms with Crippen molar-refractivity contribution < 1.29 is 4.79 Å². The summed E-state index contributed by atoms with van der Waals surface area (Å²) in [4.78, 5) is 37.5. The molecule has 2 fully saturated rings. The number of aromatic nitrogens is 2. The SMILES string of the molecule is CCN1C(=O)/C(=C\c2c(N3CCN(c4cccc(Cl)c4)CC3)nc3ccccn3c2=O)SC1=S. The quantitative estimate of drug-likeness (QED) is 0.389. The summed E-state index contributed by atoms with van der Waals surface area (Å²) >= 11 is 12.7. The fraction of sp³-hybridized carbons (Fsp3) is 0.250. The monoisotopic (exact) mass is 511 g/mol. The number of halogens is 1. The summed E-state index contributed by atoms with van der Waals surface area (Å²) in [5.41, 5.74) is 1.83. The summed E-state index contributed by atoms with van der Waals surface area (Å²) < 4.78 is 2.02. The molecule has 5 rings (SSSR count). The number of thioether (sulfide) groups is 1. The first-order chi connectivity index (χ1) is 16.5. The number of benzene rings is 1. The Bertz CT molecular complexity index is 1380. The molecular weight excluding hydrogens is 490 g/mol. The number of likely N-dealkylation sites (N-methyl/N-ethyl adjacent to an activating group) is 1. The lowest BCUT2D eigenvalue weighted by atomic mass is 10.2. The minimum atomic E-state index is -0.209. The molecule has 0 bridgehead atoms. The Hall–Kier alpha value is -2.88. The minimum absolute atomic E-state index is 0.174. The standard InChI is InChI=1S/C24H22ClN5O2S2/c1-2-29-23(32)19(34-24(29)33)15-18-21(26-20-8-3-4-9-30(20)22(18)31)28-12-10-27(11-13-28)17-7-5-6-16(25)14-17/h3-9,14-15H,2,10-13H2,1H3/b19-15+. The van der Waals surface area contributed by atoms with Gasteiger partial charge in [-0.25, -0.2) is 4.98 Å². The van der Waals surface area contributed by atoms with Crippen molar-refractivity contribution in [2.24, 2.45) is 0 Å². The number of hydrogen-bond acceptors (Lipinski definition) is 7. The van der Waals surface area contributed by atoms with E-state index in [0.29, 0.717) is 50.9 Å². The third kappa shape index (κ3) is 4.19. The Morgan fingerprint density at radius 1 is 1.09 bits per heavy atom. The first kappa shape index (κ1) is 22.9. The Kier molecular flexibility index (Phi) is 6.33. The van der Waals surface area contributed by atoms with E-state index >= 15 is 0 Å². The van der Waals surface area contributed by atoms with E-state index in [2.05, 4.69) is 9.80 Å². The summed E-state index contributed by atoms with van der Waals surface area (Å²) in [6.45, 7) is 5.25. The van der Waals surface area contributed by atoms with Crippen molar-refractivity contribution in [3.05, 3.63) is 74.5 Å². The van der Waals surface area contributed by atoms with E-state index in [1.807, 2.05) is 43.3 Å². The maximum absolute atomic E-state index is 13.5. The van der Waals surface area contributed by atoms with Gasteiger partial charge in [-0.15, -0.1) is 0 Å². The van der Waals surface area contributed by atoms with Gasteiger partial charge in [0.15, 0.2) is 0 Å². The summed E-state index contributed by atoms with van der Waals surface area (Å²) in [7, 11) is 0. The van der Waals surface area contributed by atoms with Gasteiger partial charge in [0.1, 0.15) is 15.8 Å². The lowest BCUT2D eigenvalue weighted by Gasteiger charge is -2.37. The number of pyridine rings is 1. The molecule has 34 heavy (non-hydrogen) atoms. The lowest BCUT2D eigenvalue weighted by Crippen LogP contribution is -2.47. The first-order valence-corrected chi connectivity index (χ1v) is 12.6. The van der Waals surface area contributed by atoms with Gasteiger partial charge < -0.3 is 9.80 Å². The molecule has 0 spiro atoms. The zero-order valence-electron chi connectivity index (χ0n) is 18.5. The van der Waals surface area contributed by atoms with Gasteiger partial charge in [0.2, 0.25) is 0 Å². The van der Waals surface area contributed by atoms with Crippen LogP contribution in [0.1, 0.15) is 12.5 Å². The van der Waals surface area contributed by atoms with Crippen LogP contribution in [0.4, 0.5) is 11.5 Å². The fourth-order valence-corrected chi connectivity index (χ4v) is 5.76. The van der Waals surface area contributed by atoms with Crippen molar-refractivity contribution in [1.29, 1.82) is 0 Å². The van der Waals surface area contributed by atoms with Crippen molar-refractivity contribution >= 4 is 69.0 Å². The first-order valence-electron chi connectivity index (χ1n) is 11.0. The molecule has 3 aromatic rings. The van der Waals surface area contributed by atoms with Gasteiger partial charge in [-0.3, -0.25) is 18.9 Å². The van der Waals surface area contributed by atoms with Crippen LogP contribution in [0.25, 0.3) is 11.7 Å². The predicted molar refractivity (Wildman–Crippen MR) is 143 cm³/mol. The van der Waals surface area contributed by atoms with Crippen LogP contribution in [-0.2, 0) is 4.79 Å². The molecule has 1 amide bonds. The zero-order valence-corrected chi connectivity index (χ0v) is 20.9. The van der Waals surface area contributed by atoms with Gasteiger partial charge in [0.25, 0.3) is 11.5 Å². The number of nitrogens with zero attached hydrogens (tertiary/aromatic N) is 5. The highest BCUT2D eigenvalue weighted by molar-refractivity contribution is 8.26. The molecule has 0 saturated carbocycles. The molecule has 0 atom stereocenters. The number of thiocarbonyl (C=S) groups is 1. The zero-order chi connectivity index (χ0) is 23.8. The molecule has 4 heterocycles. The topological polar surface area (TPSA) is 61.2 Å². The van der Waals surface area contributed by atoms with Crippen LogP contribution >= 0.6 is 35.6 Å². The minimum Gasteiger partial charge on any atom is -0.368 e. The van der Waals surface area contributed by atoms with Crippen LogP contribution in [0.3, 0.4) is 0 Å². The maximum atomic E-state index is 13.5. The van der Waals surface area contributed by atoms with Gasteiger partial charge >= 0.3 is 0 Å². The van der Waals surface area contributed by atoms with Gasteiger partial charge in [-0.2, -0.15) is 0 Å². The molecule has 0 radical (unpaired) electrons. The molecule has 2 aromatic heterocycles. The van der Waals surface area contributed by atoms with Crippen LogP contribution in [-0.4, -0.2) is 57.2 Å². The van der Waals surface area contributed by atoms with Crippen molar-refractivity contribution in [3.63, 3.8) is 0 Å². The predicted octanol–water partition coefficient (Wildman–Crippen LogP) is 3.90. The highest BCUT2D eigenvalue weighted by Crippen LogP contribution is 2.33. The Balaban J connectivity index is 1.52. The summed E-state index contributed by atoms with van der Waals surface area (Å²) in [5, 5.41) is 0.704. The van der Waals surface area contributed by atoms with Gasteiger partial charge in [0.05, 0.1) is 10.5 Å². The number of hydrogen-bond donors (Lipinski definition) is 0. The van der Waals surface area contributed by atoms with Crippen LogP contribution in [0.15, 0.2) is 58.4 Å². The average Bonchev–Trinajstić information content (AvgIpc) is 3.12. The van der Waals surface area contributed by atoms with Crippen LogP contribution in [0.5, 0.6) is 0 Å². The van der Waals surface area contributed by atoms with Crippen molar-refractivity contribution in [1.82, 2.24) is 14.3 Å². The summed E-state index contributed by atoms with van der Waals surface area (Å²) in [5.74, 6) is 0.412. The van der Waals surface area contributed by atoms with E-state index in [9.17, 15) is 9.59 Å². The summed E-state index contributed by atoms with van der Waals surface area (Å²) in [6.07, 6.45) is 3.35. The normalized spacial score (nSPS) is 17.9. The number of fused-ring (bicyclic) bond motifs is 1. The van der Waals surface area contributed by atoms with E-state index in [1.54, 1.807) is 23.2 Å². The van der Waals surface area contributed by atoms with E-state index in [4.69, 9.17) is 28.8 Å².